The number of halogens is 3. The van der Waals surface area contributed by atoms with E-state index in [1.165, 1.54) is 18.2 Å². The summed E-state index contributed by atoms with van der Waals surface area (Å²) in [4.78, 5) is 24.8. The summed E-state index contributed by atoms with van der Waals surface area (Å²) in [6.07, 6.45) is -2.58. The molecule has 7 heteroatoms. The lowest BCUT2D eigenvalue weighted by atomic mass is 10.0. The minimum atomic E-state index is -4.40. The van der Waals surface area contributed by atoms with Crippen molar-refractivity contribution in [3.8, 4) is 0 Å². The van der Waals surface area contributed by atoms with Crippen molar-refractivity contribution in [3.63, 3.8) is 0 Å². The first-order valence-electron chi connectivity index (χ1n) is 7.05. The molecule has 1 aliphatic rings. The van der Waals surface area contributed by atoms with Gasteiger partial charge in [-0.1, -0.05) is 26.0 Å². The summed E-state index contributed by atoms with van der Waals surface area (Å²) in [5.74, 6) is -0.504. The largest absolute Gasteiger partial charge is 0.447 e. The maximum Gasteiger partial charge on any atom is 0.417 e. The van der Waals surface area contributed by atoms with Crippen LogP contribution in [0.3, 0.4) is 0 Å². The summed E-state index contributed by atoms with van der Waals surface area (Å²) >= 11 is 0. The molecule has 23 heavy (non-hydrogen) atoms. The highest BCUT2D eigenvalue weighted by Crippen LogP contribution is 2.29. The topological polar surface area (TPSA) is 46.6 Å². The van der Waals surface area contributed by atoms with Gasteiger partial charge in [-0.3, -0.25) is 4.79 Å². The van der Waals surface area contributed by atoms with Gasteiger partial charge >= 0.3 is 12.3 Å². The summed E-state index contributed by atoms with van der Waals surface area (Å²) < 4.78 is 42.3. The molecule has 1 aromatic rings. The molecule has 0 spiro atoms. The zero-order valence-corrected chi connectivity index (χ0v) is 12.6. The van der Waals surface area contributed by atoms with E-state index in [0.717, 1.165) is 23.1 Å². The maximum atomic E-state index is 12.5. The van der Waals surface area contributed by atoms with E-state index in [0.29, 0.717) is 5.56 Å². The van der Waals surface area contributed by atoms with Crippen LogP contribution in [0.25, 0.3) is 6.08 Å². The van der Waals surface area contributed by atoms with Crippen LogP contribution in [0.1, 0.15) is 25.0 Å². The van der Waals surface area contributed by atoms with E-state index < -0.39 is 23.7 Å². The molecule has 2 rings (SSSR count). The Balaban J connectivity index is 2.10. The van der Waals surface area contributed by atoms with E-state index in [-0.39, 0.29) is 18.6 Å². The van der Waals surface area contributed by atoms with Crippen LogP contribution in [-0.4, -0.2) is 29.5 Å². The molecule has 2 amide bonds. The van der Waals surface area contributed by atoms with Gasteiger partial charge in [-0.05, 0) is 29.7 Å². The number of amides is 2. The van der Waals surface area contributed by atoms with Crippen molar-refractivity contribution in [2.45, 2.75) is 26.1 Å². The number of imide groups is 1. The monoisotopic (exact) mass is 327 g/mol. The highest BCUT2D eigenvalue weighted by Gasteiger charge is 2.38. The molecule has 0 bridgehead atoms. The number of cyclic esters (lactones) is 1. The second kappa shape index (κ2) is 6.44. The summed E-state index contributed by atoms with van der Waals surface area (Å²) in [5, 5.41) is 0. The van der Waals surface area contributed by atoms with Gasteiger partial charge in [-0.2, -0.15) is 13.2 Å². The Kier molecular flexibility index (Phi) is 4.77. The number of nitrogens with zero attached hydrogens (tertiary/aromatic N) is 1. The van der Waals surface area contributed by atoms with E-state index in [9.17, 15) is 22.8 Å². The van der Waals surface area contributed by atoms with E-state index in [1.807, 2.05) is 13.8 Å². The minimum Gasteiger partial charge on any atom is -0.447 e. The van der Waals surface area contributed by atoms with Gasteiger partial charge in [0.05, 0.1) is 11.6 Å². The molecule has 4 nitrogen and oxygen atoms in total. The molecular weight excluding hydrogens is 311 g/mol. The van der Waals surface area contributed by atoms with Crippen LogP contribution in [-0.2, 0) is 15.7 Å². The summed E-state index contributed by atoms with van der Waals surface area (Å²) in [6.45, 7) is 3.88. The van der Waals surface area contributed by atoms with E-state index in [4.69, 9.17) is 4.74 Å². The molecular formula is C16H16F3NO3. The first-order chi connectivity index (χ1) is 10.7. The number of rotatable bonds is 3. The number of carbonyl (C=O) groups excluding carboxylic acids is 2. The number of hydrogen-bond donors (Lipinski definition) is 0. The van der Waals surface area contributed by atoms with E-state index >= 15 is 0 Å². The van der Waals surface area contributed by atoms with Crippen molar-refractivity contribution < 1.29 is 27.5 Å². The second-order valence-electron chi connectivity index (χ2n) is 5.55. The quantitative estimate of drug-likeness (QED) is 0.795. The Morgan fingerprint density at radius 1 is 1.30 bits per heavy atom. The fourth-order valence-electron chi connectivity index (χ4n) is 2.21. The van der Waals surface area contributed by atoms with Crippen molar-refractivity contribution in [3.05, 3.63) is 41.5 Å². The predicted molar refractivity (Wildman–Crippen MR) is 77.3 cm³/mol. The van der Waals surface area contributed by atoms with Gasteiger partial charge in [0.25, 0.3) is 5.91 Å². The number of hydrogen-bond acceptors (Lipinski definition) is 3. The van der Waals surface area contributed by atoms with Gasteiger partial charge < -0.3 is 4.74 Å². The van der Waals surface area contributed by atoms with Gasteiger partial charge in [0.15, 0.2) is 0 Å². The van der Waals surface area contributed by atoms with Crippen molar-refractivity contribution in [1.82, 2.24) is 4.90 Å². The molecule has 1 aromatic carbocycles. The van der Waals surface area contributed by atoms with Crippen LogP contribution in [0.15, 0.2) is 30.3 Å². The lowest BCUT2D eigenvalue weighted by Gasteiger charge is -2.20. The van der Waals surface area contributed by atoms with Gasteiger partial charge in [0.1, 0.15) is 6.61 Å². The number of ether oxygens (including phenoxy) is 1. The lowest BCUT2D eigenvalue weighted by molar-refractivity contribution is -0.137. The first kappa shape index (κ1) is 17.1. The molecule has 0 aliphatic carbocycles. The number of carbonyl (C=O) groups is 2. The average Bonchev–Trinajstić information content (AvgIpc) is 2.86. The van der Waals surface area contributed by atoms with Crippen molar-refractivity contribution in [2.24, 2.45) is 5.92 Å². The van der Waals surface area contributed by atoms with Crippen LogP contribution < -0.4 is 0 Å². The number of benzene rings is 1. The molecule has 1 saturated heterocycles. The molecule has 1 heterocycles. The molecule has 1 aliphatic heterocycles. The van der Waals surface area contributed by atoms with Crippen LogP contribution >= 0.6 is 0 Å². The SMILES string of the molecule is CC(C)C1COC(=O)N1C(=O)/C=C/c1ccc(C(F)(F)F)cc1. The molecule has 1 atom stereocenters. The van der Waals surface area contributed by atoms with Crippen molar-refractivity contribution in [1.29, 1.82) is 0 Å². The van der Waals surface area contributed by atoms with E-state index in [2.05, 4.69) is 0 Å². The summed E-state index contributed by atoms with van der Waals surface area (Å²) in [5.41, 5.74) is -0.330. The summed E-state index contributed by atoms with van der Waals surface area (Å²) in [7, 11) is 0. The zero-order chi connectivity index (χ0) is 17.2. The normalized spacial score (nSPS) is 18.8. The third kappa shape index (κ3) is 3.91. The molecule has 0 radical (unpaired) electrons. The average molecular weight is 327 g/mol. The molecule has 1 unspecified atom stereocenters. The Morgan fingerprint density at radius 3 is 2.43 bits per heavy atom. The third-order valence-electron chi connectivity index (χ3n) is 3.57. The fourth-order valence-corrected chi connectivity index (χ4v) is 2.21. The molecule has 0 aromatic heterocycles. The Labute approximate surface area is 131 Å². The van der Waals surface area contributed by atoms with Gasteiger partial charge in [0, 0.05) is 6.08 Å². The van der Waals surface area contributed by atoms with Crippen LogP contribution in [0.2, 0.25) is 0 Å². The minimum absolute atomic E-state index is 0.0462. The van der Waals surface area contributed by atoms with Crippen molar-refractivity contribution in [2.75, 3.05) is 6.61 Å². The Hall–Kier alpha value is -2.31. The second-order valence-corrected chi connectivity index (χ2v) is 5.55. The Morgan fingerprint density at radius 2 is 1.91 bits per heavy atom. The lowest BCUT2D eigenvalue weighted by Crippen LogP contribution is -2.40. The maximum absolute atomic E-state index is 12.5. The van der Waals surface area contributed by atoms with Gasteiger partial charge in [-0.25, -0.2) is 9.69 Å². The zero-order valence-electron chi connectivity index (χ0n) is 12.6. The molecule has 124 valence electrons. The molecule has 0 saturated carbocycles. The highest BCUT2D eigenvalue weighted by molar-refractivity contribution is 6.02. The molecule has 0 N–H and O–H groups in total. The van der Waals surface area contributed by atoms with Gasteiger partial charge in [-0.15, -0.1) is 0 Å². The van der Waals surface area contributed by atoms with Crippen molar-refractivity contribution >= 4 is 18.1 Å². The van der Waals surface area contributed by atoms with Crippen LogP contribution in [0.4, 0.5) is 18.0 Å². The van der Waals surface area contributed by atoms with Crippen LogP contribution in [0, 0.1) is 5.92 Å². The van der Waals surface area contributed by atoms with E-state index in [1.54, 1.807) is 0 Å². The fraction of sp³-hybridized carbons (Fsp3) is 0.375. The first-order valence-corrected chi connectivity index (χ1v) is 7.05. The van der Waals surface area contributed by atoms with Gasteiger partial charge in [0.2, 0.25) is 0 Å². The smallest absolute Gasteiger partial charge is 0.417 e. The Bertz CT molecular complexity index is 620. The summed E-state index contributed by atoms with van der Waals surface area (Å²) in [6, 6.07) is 4.05. The van der Waals surface area contributed by atoms with Crippen LogP contribution in [0.5, 0.6) is 0 Å². The molecule has 1 fully saturated rings. The number of alkyl halides is 3. The standard InChI is InChI=1S/C16H16F3NO3/c1-10(2)13-9-23-15(22)20(13)14(21)8-5-11-3-6-12(7-4-11)16(17,18)19/h3-8,10,13H,9H2,1-2H3/b8-5+. The predicted octanol–water partition coefficient (Wildman–Crippen LogP) is 3.72. The highest BCUT2D eigenvalue weighted by atomic mass is 19.4. The third-order valence-corrected chi connectivity index (χ3v) is 3.57.